The molecule has 2 aromatic heterocycles. The maximum Gasteiger partial charge on any atom is 0.269 e. The molecule has 0 saturated heterocycles. The van der Waals surface area contributed by atoms with E-state index in [0.717, 1.165) is 11.1 Å². The van der Waals surface area contributed by atoms with E-state index in [0.29, 0.717) is 27.6 Å². The molecule has 7 nitrogen and oxygen atoms in total. The average molecular weight is 404 g/mol. The number of nitro benzene ring substituents is 1. The van der Waals surface area contributed by atoms with Gasteiger partial charge >= 0.3 is 0 Å². The summed E-state index contributed by atoms with van der Waals surface area (Å²) < 4.78 is 1.51. The van der Waals surface area contributed by atoms with E-state index < -0.39 is 4.92 Å². The molecular weight excluding hydrogens is 388 g/mol. The summed E-state index contributed by atoms with van der Waals surface area (Å²) in [6.45, 7) is 1.93. The third-order valence-corrected chi connectivity index (χ3v) is 5.39. The first-order valence-electron chi connectivity index (χ1n) is 8.84. The van der Waals surface area contributed by atoms with Crippen LogP contribution in [0.5, 0.6) is 0 Å². The molecule has 4 aromatic rings. The summed E-state index contributed by atoms with van der Waals surface area (Å²) in [7, 11) is 0. The van der Waals surface area contributed by atoms with Crippen LogP contribution in [0.4, 0.5) is 5.69 Å². The monoisotopic (exact) mass is 404 g/mol. The highest BCUT2D eigenvalue weighted by atomic mass is 32.2. The molecule has 0 bridgehead atoms. The van der Waals surface area contributed by atoms with Crippen molar-refractivity contribution in [2.45, 2.75) is 17.8 Å². The van der Waals surface area contributed by atoms with Gasteiger partial charge in [-0.05, 0) is 36.2 Å². The Bertz CT molecular complexity index is 1250. The van der Waals surface area contributed by atoms with Crippen LogP contribution < -0.4 is 5.56 Å². The average Bonchev–Trinajstić information content (AvgIpc) is 2.73. The largest absolute Gasteiger partial charge is 0.269 e. The van der Waals surface area contributed by atoms with E-state index in [1.54, 1.807) is 36.5 Å². The number of hydrogen-bond donors (Lipinski definition) is 0. The molecule has 0 spiro atoms. The minimum Gasteiger partial charge on any atom is -0.268 e. The zero-order valence-corrected chi connectivity index (χ0v) is 16.3. The fraction of sp³-hybridized carbons (Fsp3) is 0.0952. The summed E-state index contributed by atoms with van der Waals surface area (Å²) in [5.41, 5.74) is 2.37. The van der Waals surface area contributed by atoms with Gasteiger partial charge in [-0.2, -0.15) is 0 Å². The van der Waals surface area contributed by atoms with Crippen LogP contribution in [-0.4, -0.2) is 19.5 Å². The van der Waals surface area contributed by atoms with Crippen LogP contribution >= 0.6 is 11.8 Å². The Hall–Kier alpha value is -3.52. The number of benzene rings is 2. The highest BCUT2D eigenvalue weighted by Gasteiger charge is 2.14. The number of aryl methyl sites for hydroxylation is 1. The lowest BCUT2D eigenvalue weighted by molar-refractivity contribution is -0.384. The molecule has 2 aromatic carbocycles. The van der Waals surface area contributed by atoms with Gasteiger partial charge in [0, 0.05) is 24.1 Å². The topological polar surface area (TPSA) is 90.9 Å². The Morgan fingerprint density at radius 3 is 2.52 bits per heavy atom. The first kappa shape index (κ1) is 18.8. The van der Waals surface area contributed by atoms with Gasteiger partial charge < -0.3 is 0 Å². The maximum atomic E-state index is 13.2. The van der Waals surface area contributed by atoms with Gasteiger partial charge in [0.15, 0.2) is 5.16 Å². The fourth-order valence-electron chi connectivity index (χ4n) is 2.87. The molecule has 8 heteroatoms. The lowest BCUT2D eigenvalue weighted by atomic mass is 10.2. The standard InChI is InChI=1S/C21H16N4O3S/c1-14-6-11-19(22-12-14)24-20(26)17-4-2-3-5-18(17)23-21(24)29-13-15-7-9-16(10-8-15)25(27)28/h2-12H,13H2,1H3. The summed E-state index contributed by atoms with van der Waals surface area (Å²) >= 11 is 1.38. The molecule has 0 radical (unpaired) electrons. The number of pyridine rings is 1. The van der Waals surface area contributed by atoms with Crippen molar-refractivity contribution in [2.75, 3.05) is 0 Å². The summed E-state index contributed by atoms with van der Waals surface area (Å²) in [5, 5.41) is 11.9. The quantitative estimate of drug-likeness (QED) is 0.213. The van der Waals surface area contributed by atoms with E-state index in [1.165, 1.54) is 28.5 Å². The molecule has 0 aliphatic rings. The third kappa shape index (κ3) is 3.88. The predicted molar refractivity (Wildman–Crippen MR) is 113 cm³/mol. The smallest absolute Gasteiger partial charge is 0.268 e. The molecule has 0 aliphatic carbocycles. The fourth-order valence-corrected chi connectivity index (χ4v) is 3.82. The van der Waals surface area contributed by atoms with Crippen LogP contribution in [0.15, 0.2) is 76.8 Å². The summed E-state index contributed by atoms with van der Waals surface area (Å²) in [6.07, 6.45) is 1.71. The van der Waals surface area contributed by atoms with Crippen molar-refractivity contribution in [3.63, 3.8) is 0 Å². The number of rotatable bonds is 5. The van der Waals surface area contributed by atoms with Gasteiger partial charge in [0.05, 0.1) is 15.8 Å². The van der Waals surface area contributed by atoms with E-state index in [1.807, 2.05) is 25.1 Å². The van der Waals surface area contributed by atoms with Gasteiger partial charge in [-0.15, -0.1) is 0 Å². The molecule has 0 atom stereocenters. The molecule has 4 rings (SSSR count). The van der Waals surface area contributed by atoms with Crippen molar-refractivity contribution in [3.05, 3.63) is 98.5 Å². The molecule has 0 saturated carbocycles. The molecule has 2 heterocycles. The van der Waals surface area contributed by atoms with Crippen molar-refractivity contribution in [3.8, 4) is 5.82 Å². The molecular formula is C21H16N4O3S. The zero-order chi connectivity index (χ0) is 20.4. The van der Waals surface area contributed by atoms with Crippen LogP contribution in [0.2, 0.25) is 0 Å². The van der Waals surface area contributed by atoms with Crippen molar-refractivity contribution in [1.29, 1.82) is 0 Å². The van der Waals surface area contributed by atoms with Crippen molar-refractivity contribution < 1.29 is 4.92 Å². The number of thioether (sulfide) groups is 1. The second-order valence-corrected chi connectivity index (χ2v) is 7.40. The number of nitrogens with zero attached hydrogens (tertiary/aromatic N) is 4. The predicted octanol–water partition coefficient (Wildman–Crippen LogP) is 4.29. The molecule has 29 heavy (non-hydrogen) atoms. The maximum absolute atomic E-state index is 13.2. The summed E-state index contributed by atoms with van der Waals surface area (Å²) in [4.78, 5) is 32.6. The second kappa shape index (κ2) is 7.84. The Kier molecular flexibility index (Phi) is 5.09. The van der Waals surface area contributed by atoms with E-state index in [-0.39, 0.29) is 11.2 Å². The van der Waals surface area contributed by atoms with Gasteiger partial charge in [0.25, 0.3) is 11.2 Å². The first-order valence-corrected chi connectivity index (χ1v) is 9.82. The van der Waals surface area contributed by atoms with Gasteiger partial charge in [0.2, 0.25) is 0 Å². The van der Waals surface area contributed by atoms with Crippen molar-refractivity contribution in [1.82, 2.24) is 14.5 Å². The zero-order valence-electron chi connectivity index (χ0n) is 15.5. The van der Waals surface area contributed by atoms with E-state index in [2.05, 4.69) is 9.97 Å². The molecule has 144 valence electrons. The number of para-hydroxylation sites is 1. The van der Waals surface area contributed by atoms with Gasteiger partial charge in [-0.1, -0.05) is 42.1 Å². The molecule has 0 aliphatic heterocycles. The molecule has 0 unspecified atom stereocenters. The minimum atomic E-state index is -0.428. The third-order valence-electron chi connectivity index (χ3n) is 4.38. The van der Waals surface area contributed by atoms with Crippen LogP contribution in [0, 0.1) is 17.0 Å². The summed E-state index contributed by atoms with van der Waals surface area (Å²) in [6, 6.07) is 17.3. The summed E-state index contributed by atoms with van der Waals surface area (Å²) in [5.74, 6) is 1.01. The first-order chi connectivity index (χ1) is 14.0. The molecule has 0 fully saturated rings. The Morgan fingerprint density at radius 1 is 1.07 bits per heavy atom. The minimum absolute atomic E-state index is 0.0448. The number of hydrogen-bond acceptors (Lipinski definition) is 6. The number of fused-ring (bicyclic) bond motifs is 1. The number of nitro groups is 1. The van der Waals surface area contributed by atoms with Crippen LogP contribution in [0.3, 0.4) is 0 Å². The highest BCUT2D eigenvalue weighted by molar-refractivity contribution is 7.98. The normalized spacial score (nSPS) is 10.9. The lowest BCUT2D eigenvalue weighted by Gasteiger charge is -2.12. The Balaban J connectivity index is 1.75. The van der Waals surface area contributed by atoms with Crippen LogP contribution in [0.25, 0.3) is 16.7 Å². The number of non-ortho nitro benzene ring substituents is 1. The van der Waals surface area contributed by atoms with E-state index >= 15 is 0 Å². The van der Waals surface area contributed by atoms with Gasteiger partial charge in [0.1, 0.15) is 5.82 Å². The van der Waals surface area contributed by atoms with Gasteiger partial charge in [-0.3, -0.25) is 14.9 Å². The van der Waals surface area contributed by atoms with Gasteiger partial charge in [-0.25, -0.2) is 14.5 Å². The van der Waals surface area contributed by atoms with Crippen molar-refractivity contribution in [2.24, 2.45) is 0 Å². The van der Waals surface area contributed by atoms with E-state index in [9.17, 15) is 14.9 Å². The van der Waals surface area contributed by atoms with Crippen LogP contribution in [-0.2, 0) is 5.75 Å². The Morgan fingerprint density at radius 2 is 1.83 bits per heavy atom. The van der Waals surface area contributed by atoms with Crippen LogP contribution in [0.1, 0.15) is 11.1 Å². The second-order valence-electron chi connectivity index (χ2n) is 6.46. The highest BCUT2D eigenvalue weighted by Crippen LogP contribution is 2.25. The molecule has 0 amide bonds. The van der Waals surface area contributed by atoms with Crippen molar-refractivity contribution >= 4 is 28.4 Å². The SMILES string of the molecule is Cc1ccc(-n2c(SCc3ccc([N+](=O)[O-])cc3)nc3ccccc3c2=O)nc1. The number of aromatic nitrogens is 3. The molecule has 0 N–H and O–H groups in total. The Labute approximate surface area is 170 Å². The lowest BCUT2D eigenvalue weighted by Crippen LogP contribution is -2.22. The van der Waals surface area contributed by atoms with E-state index in [4.69, 9.17) is 0 Å².